The summed E-state index contributed by atoms with van der Waals surface area (Å²) in [6, 6.07) is 2.28. The number of nitrogens with zero attached hydrogens (tertiary/aromatic N) is 2. The van der Waals surface area contributed by atoms with Gasteiger partial charge in [0.15, 0.2) is 0 Å². The minimum absolute atomic E-state index is 0.343. The zero-order valence-corrected chi connectivity index (χ0v) is 12.3. The van der Waals surface area contributed by atoms with Gasteiger partial charge in [-0.1, -0.05) is 12.8 Å². The van der Waals surface area contributed by atoms with Gasteiger partial charge >= 0.3 is 5.97 Å². The van der Waals surface area contributed by atoms with Crippen molar-refractivity contribution in [3.63, 3.8) is 0 Å². The average molecular weight is 277 g/mol. The number of rotatable bonds is 5. The molecule has 2 rings (SSSR count). The number of ether oxygens (including phenoxy) is 1. The lowest BCUT2D eigenvalue weighted by molar-refractivity contribution is 0.0527. The minimum Gasteiger partial charge on any atom is -0.462 e. The number of aromatic nitrogens is 1. The Labute approximate surface area is 120 Å². The summed E-state index contributed by atoms with van der Waals surface area (Å²) in [6.45, 7) is 5.12. The lowest BCUT2D eigenvalue weighted by Crippen LogP contribution is -2.33. The Kier molecular flexibility index (Phi) is 4.82. The molecule has 0 saturated heterocycles. The van der Waals surface area contributed by atoms with E-state index in [9.17, 15) is 4.79 Å². The molecule has 20 heavy (non-hydrogen) atoms. The van der Waals surface area contributed by atoms with Crippen molar-refractivity contribution in [2.24, 2.45) is 0 Å². The summed E-state index contributed by atoms with van der Waals surface area (Å²) >= 11 is 0. The van der Waals surface area contributed by atoms with E-state index < -0.39 is 0 Å². The van der Waals surface area contributed by atoms with Crippen LogP contribution in [-0.4, -0.2) is 30.1 Å². The summed E-state index contributed by atoms with van der Waals surface area (Å²) in [6.07, 6.45) is 6.46. The standard InChI is InChI=1S/C15H23N3O2/c1-3-18(11-7-5-6-8-11)14-9-12(13(16)10-17-14)15(19)20-4-2/h9-11H,3-8,16H2,1-2H3. The number of pyridine rings is 1. The molecule has 1 heterocycles. The fraction of sp³-hybridized carbons (Fsp3) is 0.600. The fourth-order valence-corrected chi connectivity index (χ4v) is 2.82. The second kappa shape index (κ2) is 6.59. The molecule has 1 aromatic heterocycles. The Morgan fingerprint density at radius 3 is 2.75 bits per heavy atom. The van der Waals surface area contributed by atoms with Crippen LogP contribution >= 0.6 is 0 Å². The molecule has 0 aromatic carbocycles. The normalized spacial score (nSPS) is 15.3. The summed E-state index contributed by atoms with van der Waals surface area (Å²) in [7, 11) is 0. The first-order valence-electron chi connectivity index (χ1n) is 7.36. The van der Waals surface area contributed by atoms with Crippen molar-refractivity contribution >= 4 is 17.5 Å². The molecule has 5 nitrogen and oxygen atoms in total. The summed E-state index contributed by atoms with van der Waals surface area (Å²) in [5.74, 6) is 0.438. The van der Waals surface area contributed by atoms with Crippen molar-refractivity contribution in [3.8, 4) is 0 Å². The molecule has 0 spiro atoms. The largest absolute Gasteiger partial charge is 0.462 e. The van der Waals surface area contributed by atoms with Crippen molar-refractivity contribution in [2.45, 2.75) is 45.6 Å². The van der Waals surface area contributed by atoms with Gasteiger partial charge in [-0.05, 0) is 32.8 Å². The third-order valence-electron chi connectivity index (χ3n) is 3.82. The molecule has 0 atom stereocenters. The van der Waals surface area contributed by atoms with Gasteiger partial charge in [0.25, 0.3) is 0 Å². The summed E-state index contributed by atoms with van der Waals surface area (Å²) in [5.41, 5.74) is 6.61. The highest BCUT2D eigenvalue weighted by Gasteiger charge is 2.24. The van der Waals surface area contributed by atoms with Crippen LogP contribution in [0.2, 0.25) is 0 Å². The maximum Gasteiger partial charge on any atom is 0.340 e. The number of carbonyl (C=O) groups is 1. The van der Waals surface area contributed by atoms with E-state index in [-0.39, 0.29) is 5.97 Å². The van der Waals surface area contributed by atoms with Crippen LogP contribution in [0.5, 0.6) is 0 Å². The smallest absolute Gasteiger partial charge is 0.340 e. The molecular weight excluding hydrogens is 254 g/mol. The Balaban J connectivity index is 2.26. The first-order valence-corrected chi connectivity index (χ1v) is 7.36. The van der Waals surface area contributed by atoms with Crippen LogP contribution < -0.4 is 10.6 Å². The number of hydrogen-bond acceptors (Lipinski definition) is 5. The fourth-order valence-electron chi connectivity index (χ4n) is 2.82. The SMILES string of the molecule is CCOC(=O)c1cc(N(CC)C2CCCC2)ncc1N. The van der Waals surface area contributed by atoms with E-state index in [1.54, 1.807) is 19.2 Å². The van der Waals surface area contributed by atoms with E-state index >= 15 is 0 Å². The average Bonchev–Trinajstić information content (AvgIpc) is 2.95. The highest BCUT2D eigenvalue weighted by Crippen LogP contribution is 2.28. The molecule has 1 aromatic rings. The number of esters is 1. The molecule has 0 aliphatic heterocycles. The molecule has 1 aliphatic rings. The number of carbonyl (C=O) groups excluding carboxylic acids is 1. The molecular formula is C15H23N3O2. The van der Waals surface area contributed by atoms with Crippen molar-refractivity contribution in [2.75, 3.05) is 23.8 Å². The van der Waals surface area contributed by atoms with Crippen LogP contribution in [0.1, 0.15) is 49.9 Å². The monoisotopic (exact) mass is 277 g/mol. The second-order valence-electron chi connectivity index (χ2n) is 5.07. The van der Waals surface area contributed by atoms with Gasteiger partial charge in [-0.15, -0.1) is 0 Å². The number of anilines is 2. The van der Waals surface area contributed by atoms with Gasteiger partial charge in [-0.2, -0.15) is 0 Å². The van der Waals surface area contributed by atoms with Crippen LogP contribution in [-0.2, 0) is 4.74 Å². The van der Waals surface area contributed by atoms with Crippen LogP contribution in [0.3, 0.4) is 0 Å². The third-order valence-corrected chi connectivity index (χ3v) is 3.82. The predicted molar refractivity (Wildman–Crippen MR) is 79.9 cm³/mol. The highest BCUT2D eigenvalue weighted by molar-refractivity contribution is 5.95. The molecule has 0 radical (unpaired) electrons. The van der Waals surface area contributed by atoms with Crippen molar-refractivity contribution in [1.29, 1.82) is 0 Å². The number of hydrogen-bond donors (Lipinski definition) is 1. The maximum absolute atomic E-state index is 11.9. The molecule has 1 saturated carbocycles. The second-order valence-corrected chi connectivity index (χ2v) is 5.07. The Bertz CT molecular complexity index is 470. The minimum atomic E-state index is -0.379. The predicted octanol–water partition coefficient (Wildman–Crippen LogP) is 2.61. The van der Waals surface area contributed by atoms with Crippen LogP contribution in [0.4, 0.5) is 11.5 Å². The van der Waals surface area contributed by atoms with Gasteiger partial charge in [-0.3, -0.25) is 0 Å². The lowest BCUT2D eigenvalue weighted by atomic mass is 10.1. The van der Waals surface area contributed by atoms with E-state index in [4.69, 9.17) is 10.5 Å². The van der Waals surface area contributed by atoms with Gasteiger partial charge in [0.05, 0.1) is 24.1 Å². The topological polar surface area (TPSA) is 68.5 Å². The van der Waals surface area contributed by atoms with Gasteiger partial charge in [0.2, 0.25) is 0 Å². The van der Waals surface area contributed by atoms with E-state index in [2.05, 4.69) is 16.8 Å². The third kappa shape index (κ3) is 3.03. The molecule has 2 N–H and O–H groups in total. The van der Waals surface area contributed by atoms with E-state index in [0.717, 1.165) is 12.4 Å². The summed E-state index contributed by atoms with van der Waals surface area (Å²) < 4.78 is 5.04. The van der Waals surface area contributed by atoms with Crippen molar-refractivity contribution < 1.29 is 9.53 Å². The summed E-state index contributed by atoms with van der Waals surface area (Å²) in [5, 5.41) is 0. The van der Waals surface area contributed by atoms with Gasteiger partial charge < -0.3 is 15.4 Å². The van der Waals surface area contributed by atoms with Crippen LogP contribution in [0.25, 0.3) is 0 Å². The first-order chi connectivity index (χ1) is 9.67. The Morgan fingerprint density at radius 2 is 2.15 bits per heavy atom. The first kappa shape index (κ1) is 14.6. The van der Waals surface area contributed by atoms with Crippen molar-refractivity contribution in [1.82, 2.24) is 4.98 Å². The molecule has 1 fully saturated rings. The summed E-state index contributed by atoms with van der Waals surface area (Å²) in [4.78, 5) is 18.6. The molecule has 5 heteroatoms. The Hall–Kier alpha value is -1.78. The number of nitrogen functional groups attached to an aromatic ring is 1. The quantitative estimate of drug-likeness (QED) is 0.838. The molecule has 0 bridgehead atoms. The van der Waals surface area contributed by atoms with Crippen LogP contribution in [0, 0.1) is 0 Å². The zero-order valence-electron chi connectivity index (χ0n) is 12.3. The van der Waals surface area contributed by atoms with E-state index in [1.165, 1.54) is 25.7 Å². The van der Waals surface area contributed by atoms with Crippen LogP contribution in [0.15, 0.2) is 12.3 Å². The van der Waals surface area contributed by atoms with Gasteiger partial charge in [0, 0.05) is 12.6 Å². The maximum atomic E-state index is 11.9. The molecule has 1 aliphatic carbocycles. The molecule has 0 amide bonds. The van der Waals surface area contributed by atoms with E-state index in [0.29, 0.717) is 23.9 Å². The molecule has 0 unspecified atom stereocenters. The molecule has 110 valence electrons. The van der Waals surface area contributed by atoms with Crippen molar-refractivity contribution in [3.05, 3.63) is 17.8 Å². The number of nitrogens with two attached hydrogens (primary N) is 1. The Morgan fingerprint density at radius 1 is 1.45 bits per heavy atom. The zero-order chi connectivity index (χ0) is 14.5. The van der Waals surface area contributed by atoms with Gasteiger partial charge in [0.1, 0.15) is 5.82 Å². The lowest BCUT2D eigenvalue weighted by Gasteiger charge is -2.29. The van der Waals surface area contributed by atoms with E-state index in [1.807, 2.05) is 0 Å². The highest BCUT2D eigenvalue weighted by atomic mass is 16.5. The van der Waals surface area contributed by atoms with Gasteiger partial charge in [-0.25, -0.2) is 9.78 Å².